The number of hydrogen-bond acceptors (Lipinski definition) is 2. The van der Waals surface area contributed by atoms with Crippen molar-refractivity contribution >= 4 is 60.8 Å². The quantitative estimate of drug-likeness (QED) is 0.182. The van der Waals surface area contributed by atoms with Gasteiger partial charge < -0.3 is 9.80 Å². The molecule has 0 N–H and O–H groups in total. The maximum absolute atomic E-state index is 14.0. The van der Waals surface area contributed by atoms with E-state index in [-0.39, 0.29) is 11.6 Å². The Hall–Kier alpha value is -5.48. The summed E-state index contributed by atoms with van der Waals surface area (Å²) >= 11 is 0. The van der Waals surface area contributed by atoms with E-state index in [4.69, 9.17) is 0 Å². The Kier molecular flexibility index (Phi) is 6.34. The molecular weight excluding hydrogens is 546 g/mol. The number of para-hydroxylation sites is 1. The van der Waals surface area contributed by atoms with Crippen LogP contribution in [0.2, 0.25) is 0 Å². The van der Waals surface area contributed by atoms with Crippen molar-refractivity contribution in [1.82, 2.24) is 0 Å². The summed E-state index contributed by atoms with van der Waals surface area (Å²) in [4.78, 5) is 4.42. The molecule has 0 atom stereocenters. The molecule has 1 aliphatic rings. The third-order valence-electron chi connectivity index (χ3n) is 8.52. The lowest BCUT2D eigenvalue weighted by molar-refractivity contribution is 0.627. The number of halogens is 2. The average molecular weight is 575 g/mol. The van der Waals surface area contributed by atoms with Gasteiger partial charge in [-0.15, -0.1) is 0 Å². The second-order valence-corrected chi connectivity index (χ2v) is 11.2. The molecule has 7 aromatic carbocycles. The van der Waals surface area contributed by atoms with Crippen LogP contribution in [0.5, 0.6) is 0 Å². The lowest BCUT2D eigenvalue weighted by atomic mass is 9.91. The minimum Gasteiger partial charge on any atom is -0.310 e. The Morgan fingerprint density at radius 2 is 0.955 bits per heavy atom. The molecule has 0 aliphatic heterocycles. The van der Waals surface area contributed by atoms with Crippen LogP contribution in [0.15, 0.2) is 151 Å². The molecule has 8 rings (SSSR count). The van der Waals surface area contributed by atoms with Gasteiger partial charge in [0, 0.05) is 33.5 Å². The maximum Gasteiger partial charge on any atom is 0.123 e. The zero-order valence-electron chi connectivity index (χ0n) is 23.9. The van der Waals surface area contributed by atoms with Crippen molar-refractivity contribution in [3.05, 3.63) is 163 Å². The van der Waals surface area contributed by atoms with Gasteiger partial charge in [-0.3, -0.25) is 0 Å². The standard InChI is InChI=1S/C40H28F2N2/c41-29-15-19-33(20-16-29)43(31-7-3-1-4-8-31)37-25-13-27-12-24-36-38(26-14-28-11-23-35(37)39(27)40(28)36)44(32-9-5-2-6-10-32)34-21-17-30(42)18-22-34/h1,3-5,7-26H,2,6H2. The molecule has 0 radical (unpaired) electrons. The van der Waals surface area contributed by atoms with E-state index in [2.05, 4.69) is 88.7 Å². The summed E-state index contributed by atoms with van der Waals surface area (Å²) in [6.45, 7) is 0. The third kappa shape index (κ3) is 4.38. The van der Waals surface area contributed by atoms with E-state index in [1.165, 1.54) is 35.0 Å². The minimum absolute atomic E-state index is 0.256. The zero-order valence-corrected chi connectivity index (χ0v) is 23.9. The van der Waals surface area contributed by atoms with E-state index in [1.807, 2.05) is 42.5 Å². The largest absolute Gasteiger partial charge is 0.310 e. The van der Waals surface area contributed by atoms with Gasteiger partial charge in [-0.05, 0) is 113 Å². The fourth-order valence-corrected chi connectivity index (χ4v) is 6.54. The predicted molar refractivity (Wildman–Crippen MR) is 180 cm³/mol. The van der Waals surface area contributed by atoms with Gasteiger partial charge in [-0.2, -0.15) is 0 Å². The SMILES string of the molecule is Fc1ccc(N(C2=CCCC=C2)c2ccc3ccc4c(N(c5ccccc5)c5ccc(F)cc5)ccc5ccc2c3c54)cc1. The average Bonchev–Trinajstić information content (AvgIpc) is 3.07. The molecule has 7 aromatic rings. The first-order valence-corrected chi connectivity index (χ1v) is 14.9. The second-order valence-electron chi connectivity index (χ2n) is 11.2. The number of hydrogen-bond donors (Lipinski definition) is 0. The molecule has 0 aromatic heterocycles. The highest BCUT2D eigenvalue weighted by Gasteiger charge is 2.22. The van der Waals surface area contributed by atoms with Crippen LogP contribution in [0, 0.1) is 11.6 Å². The van der Waals surface area contributed by atoms with E-state index in [9.17, 15) is 8.78 Å². The molecule has 4 heteroatoms. The monoisotopic (exact) mass is 574 g/mol. The summed E-state index contributed by atoms with van der Waals surface area (Å²) in [6.07, 6.45) is 8.57. The molecule has 44 heavy (non-hydrogen) atoms. The van der Waals surface area contributed by atoms with E-state index in [1.54, 1.807) is 0 Å². The molecule has 0 bridgehead atoms. The minimum atomic E-state index is -0.265. The smallest absolute Gasteiger partial charge is 0.123 e. The first kappa shape index (κ1) is 26.2. The summed E-state index contributed by atoms with van der Waals surface area (Å²) < 4.78 is 28.0. The van der Waals surface area contributed by atoms with Gasteiger partial charge in [0.05, 0.1) is 11.4 Å². The van der Waals surface area contributed by atoms with E-state index < -0.39 is 0 Å². The maximum atomic E-state index is 14.0. The highest BCUT2D eigenvalue weighted by molar-refractivity contribution is 6.28. The Balaban J connectivity index is 1.40. The van der Waals surface area contributed by atoms with E-state index >= 15 is 0 Å². The summed E-state index contributed by atoms with van der Waals surface area (Å²) in [5.74, 6) is -0.521. The van der Waals surface area contributed by atoms with Crippen molar-refractivity contribution in [2.24, 2.45) is 0 Å². The Bertz CT molecular complexity index is 2180. The normalized spacial score (nSPS) is 13.1. The second kappa shape index (κ2) is 10.7. The van der Waals surface area contributed by atoms with Gasteiger partial charge in [0.1, 0.15) is 11.6 Å². The van der Waals surface area contributed by atoms with Crippen molar-refractivity contribution in [1.29, 1.82) is 0 Å². The Morgan fingerprint density at radius 3 is 1.50 bits per heavy atom. The highest BCUT2D eigenvalue weighted by Crippen LogP contribution is 2.46. The molecule has 0 amide bonds. The predicted octanol–water partition coefficient (Wildman–Crippen LogP) is 11.7. The Morgan fingerprint density at radius 1 is 0.455 bits per heavy atom. The molecule has 0 saturated carbocycles. The fourth-order valence-electron chi connectivity index (χ4n) is 6.54. The molecule has 212 valence electrons. The van der Waals surface area contributed by atoms with Gasteiger partial charge in [0.2, 0.25) is 0 Å². The third-order valence-corrected chi connectivity index (χ3v) is 8.52. The Labute approximate surface area is 254 Å². The lowest BCUT2D eigenvalue weighted by Gasteiger charge is -2.30. The van der Waals surface area contributed by atoms with Gasteiger partial charge in [0.25, 0.3) is 0 Å². The number of nitrogens with zero attached hydrogens (tertiary/aromatic N) is 2. The van der Waals surface area contributed by atoms with Crippen LogP contribution in [0.4, 0.5) is 37.2 Å². The van der Waals surface area contributed by atoms with Crippen LogP contribution in [-0.2, 0) is 0 Å². The molecule has 0 heterocycles. The summed E-state index contributed by atoms with van der Waals surface area (Å²) in [5, 5.41) is 6.88. The molecule has 0 fully saturated rings. The van der Waals surface area contributed by atoms with Crippen LogP contribution >= 0.6 is 0 Å². The number of benzene rings is 7. The first-order valence-electron chi connectivity index (χ1n) is 14.9. The zero-order chi connectivity index (χ0) is 29.6. The van der Waals surface area contributed by atoms with E-state index in [0.717, 1.165) is 68.5 Å². The van der Waals surface area contributed by atoms with Crippen LogP contribution < -0.4 is 9.80 Å². The van der Waals surface area contributed by atoms with Crippen LogP contribution in [0.3, 0.4) is 0 Å². The summed E-state index contributed by atoms with van der Waals surface area (Å²) in [5.41, 5.74) is 5.92. The van der Waals surface area contributed by atoms with Crippen molar-refractivity contribution in [2.45, 2.75) is 12.8 Å². The van der Waals surface area contributed by atoms with Crippen molar-refractivity contribution in [3.63, 3.8) is 0 Å². The summed E-state index contributed by atoms with van der Waals surface area (Å²) in [6, 6.07) is 41.0. The molecule has 0 unspecified atom stereocenters. The summed E-state index contributed by atoms with van der Waals surface area (Å²) in [7, 11) is 0. The topological polar surface area (TPSA) is 6.48 Å². The first-order chi connectivity index (χ1) is 21.7. The van der Waals surface area contributed by atoms with Crippen LogP contribution in [-0.4, -0.2) is 0 Å². The fraction of sp³-hybridized carbons (Fsp3) is 0.0500. The number of rotatable bonds is 6. The van der Waals surface area contributed by atoms with Crippen LogP contribution in [0.25, 0.3) is 32.3 Å². The van der Waals surface area contributed by atoms with E-state index in [0.29, 0.717) is 0 Å². The molecule has 0 spiro atoms. The van der Waals surface area contributed by atoms with Gasteiger partial charge >= 0.3 is 0 Å². The van der Waals surface area contributed by atoms with Crippen molar-refractivity contribution in [2.75, 3.05) is 9.80 Å². The number of anilines is 5. The highest BCUT2D eigenvalue weighted by atomic mass is 19.1. The lowest BCUT2D eigenvalue weighted by Crippen LogP contribution is -2.16. The van der Waals surface area contributed by atoms with Crippen molar-refractivity contribution < 1.29 is 8.78 Å². The number of allylic oxidation sites excluding steroid dienone is 3. The molecular formula is C40H28F2N2. The van der Waals surface area contributed by atoms with Gasteiger partial charge in [0.15, 0.2) is 0 Å². The molecule has 2 nitrogen and oxygen atoms in total. The van der Waals surface area contributed by atoms with Crippen molar-refractivity contribution in [3.8, 4) is 0 Å². The molecule has 0 saturated heterocycles. The van der Waals surface area contributed by atoms with Crippen LogP contribution in [0.1, 0.15) is 12.8 Å². The van der Waals surface area contributed by atoms with Gasteiger partial charge in [-0.1, -0.05) is 66.7 Å². The molecule has 1 aliphatic carbocycles. The van der Waals surface area contributed by atoms with Gasteiger partial charge in [-0.25, -0.2) is 8.78 Å².